The summed E-state index contributed by atoms with van der Waals surface area (Å²) in [6, 6.07) is 45.6. The number of nitrogens with two attached hydrogens (primary N) is 1. The zero-order valence-electron chi connectivity index (χ0n) is 52.7. The Morgan fingerprint density at radius 3 is 1.21 bits per heavy atom. The molecule has 90 heavy (non-hydrogen) atoms. The number of primary amides is 1. The lowest BCUT2D eigenvalue weighted by Gasteiger charge is -2.34. The normalized spacial score (nSPS) is 18.7. The van der Waals surface area contributed by atoms with Crippen molar-refractivity contribution in [2.24, 2.45) is 5.73 Å². The number of aryl methyl sites for hydroxylation is 3. The van der Waals surface area contributed by atoms with Crippen LogP contribution in [0.2, 0.25) is 0 Å². The van der Waals surface area contributed by atoms with Gasteiger partial charge in [0, 0.05) is 125 Å². The molecular formula is C74H84N10O6. The van der Waals surface area contributed by atoms with Crippen molar-refractivity contribution in [2.75, 3.05) is 66.5 Å². The number of carbonyl (C=O) groups excluding carboxylic acids is 3. The molecule has 466 valence electrons. The van der Waals surface area contributed by atoms with E-state index in [4.69, 9.17) is 19.9 Å². The van der Waals surface area contributed by atoms with Crippen molar-refractivity contribution in [1.29, 1.82) is 0 Å². The van der Waals surface area contributed by atoms with E-state index in [2.05, 4.69) is 167 Å². The van der Waals surface area contributed by atoms with Crippen LogP contribution in [0, 0.1) is 20.8 Å². The molecule has 5 aromatic carbocycles. The number of urea groups is 1. The first-order valence-electron chi connectivity index (χ1n) is 32.3. The summed E-state index contributed by atoms with van der Waals surface area (Å²) in [7, 11) is 4.12. The molecule has 14 rings (SSSR count). The monoisotopic (exact) mass is 1210 g/mol. The van der Waals surface area contributed by atoms with Crippen LogP contribution in [0.1, 0.15) is 81.0 Å². The molecule has 9 aromatic rings. The molecule has 16 nitrogen and oxygen atoms in total. The fourth-order valence-corrected chi connectivity index (χ4v) is 13.8. The Morgan fingerprint density at radius 1 is 0.433 bits per heavy atom. The third kappa shape index (κ3) is 13.9. The van der Waals surface area contributed by atoms with Crippen LogP contribution >= 0.6 is 0 Å². The highest BCUT2D eigenvalue weighted by Gasteiger charge is 2.35. The van der Waals surface area contributed by atoms with Crippen molar-refractivity contribution in [3.05, 3.63) is 175 Å². The second-order valence-corrected chi connectivity index (χ2v) is 24.9. The van der Waals surface area contributed by atoms with E-state index < -0.39 is 0 Å². The lowest BCUT2D eigenvalue weighted by Crippen LogP contribution is -2.48. The SMILES string of the molecule is Cc1c(-c2ccc(OC3CCN(C(=O)[C@@H]4CCCN4C)CC3)cc2)ccc2cccnc12.Cc1c(-c2ccc(OC3CCN(C(=O)[C@H]4CCCN4C)CC3)cc2)ccc2cccnc12.Cc1c(-c2ccc(OC3CCN(C(N)=O)CC3)cc2)ccc2nccn12. The van der Waals surface area contributed by atoms with Crippen molar-refractivity contribution < 1.29 is 28.6 Å². The van der Waals surface area contributed by atoms with E-state index >= 15 is 0 Å². The van der Waals surface area contributed by atoms with Gasteiger partial charge < -0.3 is 39.0 Å². The molecule has 0 spiro atoms. The van der Waals surface area contributed by atoms with Crippen LogP contribution in [-0.2, 0) is 9.59 Å². The number of nitrogens with zero attached hydrogens (tertiary/aromatic N) is 9. The zero-order valence-corrected chi connectivity index (χ0v) is 52.7. The molecule has 5 aliphatic heterocycles. The Labute approximate surface area is 528 Å². The number of likely N-dealkylation sites (N-methyl/N-ethyl adjacent to an activating group) is 2. The molecule has 0 bridgehead atoms. The van der Waals surface area contributed by atoms with Crippen LogP contribution in [-0.4, -0.2) is 159 Å². The van der Waals surface area contributed by atoms with Gasteiger partial charge in [-0.1, -0.05) is 72.8 Å². The van der Waals surface area contributed by atoms with Gasteiger partial charge >= 0.3 is 6.03 Å². The first-order chi connectivity index (χ1) is 43.8. The van der Waals surface area contributed by atoms with Crippen LogP contribution in [0.3, 0.4) is 0 Å². The van der Waals surface area contributed by atoms with E-state index in [1.165, 1.54) is 38.9 Å². The minimum Gasteiger partial charge on any atom is -0.490 e. The largest absolute Gasteiger partial charge is 0.490 e. The van der Waals surface area contributed by atoms with Gasteiger partial charge in [-0.3, -0.25) is 29.4 Å². The smallest absolute Gasteiger partial charge is 0.314 e. The summed E-state index contributed by atoms with van der Waals surface area (Å²) in [5.74, 6) is 3.24. The fraction of sp³-hybridized carbons (Fsp3) is 0.378. The Hall–Kier alpha value is -8.86. The highest BCUT2D eigenvalue weighted by Crippen LogP contribution is 2.34. The summed E-state index contributed by atoms with van der Waals surface area (Å²) in [5, 5.41) is 2.33. The number of amides is 4. The molecule has 2 atom stereocenters. The molecule has 5 saturated heterocycles. The van der Waals surface area contributed by atoms with E-state index in [9.17, 15) is 14.4 Å². The predicted octanol–water partition coefficient (Wildman–Crippen LogP) is 12.6. The van der Waals surface area contributed by atoms with Crippen molar-refractivity contribution >= 4 is 45.3 Å². The number of ether oxygens (including phenoxy) is 3. The Morgan fingerprint density at radius 2 is 0.822 bits per heavy atom. The number of piperidine rings is 3. The number of hydrogen-bond acceptors (Lipinski definition) is 11. The third-order valence-corrected chi connectivity index (χ3v) is 19.2. The molecule has 4 aromatic heterocycles. The highest BCUT2D eigenvalue weighted by atomic mass is 16.5. The molecule has 2 N–H and O–H groups in total. The number of fused-ring (bicyclic) bond motifs is 3. The number of likely N-dealkylation sites (tertiary alicyclic amines) is 5. The van der Waals surface area contributed by atoms with E-state index in [0.717, 1.165) is 159 Å². The minimum atomic E-state index is -0.349. The topological polar surface area (TPSA) is 164 Å². The second kappa shape index (κ2) is 27.9. The van der Waals surface area contributed by atoms with Crippen LogP contribution in [0.25, 0.3) is 60.8 Å². The van der Waals surface area contributed by atoms with Gasteiger partial charge in [-0.05, 0) is 173 Å². The zero-order chi connectivity index (χ0) is 62.3. The predicted molar refractivity (Wildman–Crippen MR) is 356 cm³/mol. The molecule has 16 heteroatoms. The lowest BCUT2D eigenvalue weighted by molar-refractivity contribution is -0.138. The Bertz CT molecular complexity index is 3770. The number of carbonyl (C=O) groups is 3. The van der Waals surface area contributed by atoms with E-state index in [-0.39, 0.29) is 36.4 Å². The number of hydrogen-bond donors (Lipinski definition) is 1. The average molecular weight is 1210 g/mol. The van der Waals surface area contributed by atoms with Gasteiger partial charge in [0.05, 0.1) is 23.1 Å². The van der Waals surface area contributed by atoms with Crippen molar-refractivity contribution in [2.45, 2.75) is 115 Å². The number of benzene rings is 5. The van der Waals surface area contributed by atoms with Crippen LogP contribution in [0.5, 0.6) is 17.2 Å². The molecule has 0 radical (unpaired) electrons. The maximum absolute atomic E-state index is 12.8. The Kier molecular flexibility index (Phi) is 19.0. The molecule has 0 saturated carbocycles. The molecule has 4 amide bonds. The van der Waals surface area contributed by atoms with E-state index in [1.807, 2.05) is 64.9 Å². The summed E-state index contributed by atoms with van der Waals surface area (Å²) < 4.78 is 20.7. The molecule has 0 aliphatic carbocycles. The maximum Gasteiger partial charge on any atom is 0.314 e. The number of aromatic nitrogens is 4. The van der Waals surface area contributed by atoms with Crippen molar-refractivity contribution in [3.8, 4) is 50.6 Å². The summed E-state index contributed by atoms with van der Waals surface area (Å²) in [4.78, 5) is 60.3. The van der Waals surface area contributed by atoms with Gasteiger partial charge in [0.2, 0.25) is 11.8 Å². The summed E-state index contributed by atoms with van der Waals surface area (Å²) >= 11 is 0. The number of pyridine rings is 3. The average Bonchev–Trinajstić information content (AvgIpc) is 3.01. The van der Waals surface area contributed by atoms with Crippen LogP contribution in [0.15, 0.2) is 158 Å². The number of imidazole rings is 1. The molecule has 0 unspecified atom stereocenters. The van der Waals surface area contributed by atoms with Gasteiger partial charge in [0.15, 0.2) is 0 Å². The highest BCUT2D eigenvalue weighted by molar-refractivity contribution is 5.90. The van der Waals surface area contributed by atoms with Crippen molar-refractivity contribution in [1.82, 2.24) is 43.9 Å². The molecule has 5 aliphatic rings. The first kappa shape index (κ1) is 61.4. The number of rotatable bonds is 11. The standard InChI is InChI=1S/2C27H31N3O2.C20H22N4O2/c2*1-19-24(12-9-21-5-3-15-28-26(19)21)20-7-10-22(11-8-20)32-23-13-17-30(18-14-23)27(31)25-6-4-16-29(25)2;1-14-18(6-7-19-22-10-13-24(14)19)15-2-4-16(5-3-15)26-17-8-11-23(12-9-17)20(21)25/h2*3,5,7-12,15,23,25H,4,6,13-14,16-18H2,1-2H3;2-7,10,13,17H,8-9,11-12H2,1H3,(H2,21,25)/t2*25-;/m10./s1. The maximum atomic E-state index is 12.8. The van der Waals surface area contributed by atoms with E-state index in [1.54, 1.807) is 4.90 Å². The van der Waals surface area contributed by atoms with Crippen LogP contribution < -0.4 is 19.9 Å². The molecular weight excluding hydrogens is 1120 g/mol. The Balaban J connectivity index is 0.000000132. The van der Waals surface area contributed by atoms with Gasteiger partial charge in [-0.25, -0.2) is 9.78 Å². The minimum absolute atomic E-state index is 0.0776. The van der Waals surface area contributed by atoms with Gasteiger partial charge in [-0.2, -0.15) is 0 Å². The van der Waals surface area contributed by atoms with E-state index in [0.29, 0.717) is 24.9 Å². The molecule has 5 fully saturated rings. The molecule has 9 heterocycles. The third-order valence-electron chi connectivity index (χ3n) is 19.2. The first-order valence-corrected chi connectivity index (χ1v) is 32.3. The fourth-order valence-electron chi connectivity index (χ4n) is 13.8. The summed E-state index contributed by atoms with van der Waals surface area (Å²) in [5.41, 5.74) is 19.0. The van der Waals surface area contributed by atoms with Gasteiger partial charge in [0.1, 0.15) is 41.2 Å². The van der Waals surface area contributed by atoms with Gasteiger partial charge in [-0.15, -0.1) is 0 Å². The summed E-state index contributed by atoms with van der Waals surface area (Å²) in [6.07, 6.45) is 17.3. The quantitative estimate of drug-likeness (QED) is 0.131. The van der Waals surface area contributed by atoms with Crippen LogP contribution in [0.4, 0.5) is 4.79 Å². The second-order valence-electron chi connectivity index (χ2n) is 24.9. The van der Waals surface area contributed by atoms with Crippen molar-refractivity contribution in [3.63, 3.8) is 0 Å². The van der Waals surface area contributed by atoms with Gasteiger partial charge in [0.25, 0.3) is 0 Å². The summed E-state index contributed by atoms with van der Waals surface area (Å²) in [6.45, 7) is 12.9. The lowest BCUT2D eigenvalue weighted by atomic mass is 9.98.